The molecule has 0 radical (unpaired) electrons. The number of esters is 2. The van der Waals surface area contributed by atoms with Crippen LogP contribution in [0.3, 0.4) is 0 Å². The topological polar surface area (TPSA) is 239 Å². The maximum atomic E-state index is 12.0. The SMILES string of the molecule is CCCCCCCC(=O)OCC1O[C@@H](O[C@@H]2O[C@H](COC(=O)CCC(=O)O)[C@H](O)C(O)C2O)C(O)[C@@H](O)C1O. The van der Waals surface area contributed by atoms with Crippen molar-refractivity contribution in [1.82, 2.24) is 0 Å². The lowest BCUT2D eigenvalue weighted by Gasteiger charge is -2.44. The summed E-state index contributed by atoms with van der Waals surface area (Å²) in [7, 11) is 0. The second-order valence-electron chi connectivity index (χ2n) is 9.59. The van der Waals surface area contributed by atoms with Crippen LogP contribution in [-0.2, 0) is 38.1 Å². The molecule has 0 aliphatic carbocycles. The molecule has 0 aromatic rings. The Bertz CT molecular complexity index is 779. The minimum Gasteiger partial charge on any atom is -0.481 e. The third kappa shape index (κ3) is 10.2. The molecule has 0 amide bonds. The largest absolute Gasteiger partial charge is 0.481 e. The fourth-order valence-corrected chi connectivity index (χ4v) is 4.04. The number of aliphatic carboxylic acids is 1. The summed E-state index contributed by atoms with van der Waals surface area (Å²) in [6, 6.07) is 0. The van der Waals surface area contributed by atoms with Crippen molar-refractivity contribution in [3.8, 4) is 0 Å². The van der Waals surface area contributed by atoms with Gasteiger partial charge < -0.3 is 59.4 Å². The standard InChI is InChI=1S/C24H40O15/c1-2-3-4-5-6-7-15(27)35-10-12-17(29)19(31)21(33)23(37-12)39-24-22(34)20(32)18(30)13(38-24)11-36-16(28)9-8-14(25)26/h12-13,17-24,29-34H,2-11H2,1H3,(H,25,26)/t12?,13-,17?,18+,19+,20?,21?,22?,23+,24+/m1/s1. The lowest BCUT2D eigenvalue weighted by molar-refractivity contribution is -0.376. The highest BCUT2D eigenvalue weighted by atomic mass is 16.8. The number of carboxylic acid groups (broad SMARTS) is 1. The van der Waals surface area contributed by atoms with Crippen LogP contribution in [0.15, 0.2) is 0 Å². The molecular weight excluding hydrogens is 528 g/mol. The molecule has 15 heteroatoms. The lowest BCUT2D eigenvalue weighted by atomic mass is 9.98. The molecule has 39 heavy (non-hydrogen) atoms. The van der Waals surface area contributed by atoms with E-state index in [2.05, 4.69) is 6.92 Å². The maximum Gasteiger partial charge on any atom is 0.306 e. The van der Waals surface area contributed by atoms with E-state index < -0.39 is 105 Å². The van der Waals surface area contributed by atoms with Gasteiger partial charge in [-0.05, 0) is 6.42 Å². The fourth-order valence-electron chi connectivity index (χ4n) is 4.04. The van der Waals surface area contributed by atoms with Crippen LogP contribution >= 0.6 is 0 Å². The lowest BCUT2D eigenvalue weighted by Crippen LogP contribution is -2.64. The van der Waals surface area contributed by atoms with Gasteiger partial charge in [-0.15, -0.1) is 0 Å². The van der Waals surface area contributed by atoms with Gasteiger partial charge in [-0.2, -0.15) is 0 Å². The third-order valence-electron chi connectivity index (χ3n) is 6.45. The van der Waals surface area contributed by atoms with Gasteiger partial charge in [-0.1, -0.05) is 32.6 Å². The number of carbonyl (C=O) groups excluding carboxylic acids is 2. The van der Waals surface area contributed by atoms with Gasteiger partial charge in [0, 0.05) is 6.42 Å². The molecule has 2 heterocycles. The van der Waals surface area contributed by atoms with Crippen LogP contribution < -0.4 is 0 Å². The Kier molecular flexibility index (Phi) is 13.9. The van der Waals surface area contributed by atoms with Crippen LogP contribution in [0.1, 0.15) is 58.3 Å². The van der Waals surface area contributed by atoms with Crippen molar-refractivity contribution in [1.29, 1.82) is 0 Å². The zero-order valence-corrected chi connectivity index (χ0v) is 21.7. The first-order valence-electron chi connectivity index (χ1n) is 13.0. The molecule has 0 spiro atoms. The summed E-state index contributed by atoms with van der Waals surface area (Å²) in [5.41, 5.74) is 0. The summed E-state index contributed by atoms with van der Waals surface area (Å²) >= 11 is 0. The highest BCUT2D eigenvalue weighted by Gasteiger charge is 2.50. The van der Waals surface area contributed by atoms with E-state index in [-0.39, 0.29) is 6.42 Å². The van der Waals surface area contributed by atoms with E-state index in [0.717, 1.165) is 25.7 Å². The van der Waals surface area contributed by atoms with E-state index >= 15 is 0 Å². The number of carboxylic acids is 1. The summed E-state index contributed by atoms with van der Waals surface area (Å²) in [5, 5.41) is 70.2. The highest BCUT2D eigenvalue weighted by Crippen LogP contribution is 2.28. The van der Waals surface area contributed by atoms with Gasteiger partial charge in [0.1, 0.15) is 62.0 Å². The quantitative estimate of drug-likeness (QED) is 0.0829. The average Bonchev–Trinajstić information content (AvgIpc) is 2.90. The summed E-state index contributed by atoms with van der Waals surface area (Å²) in [4.78, 5) is 34.3. The van der Waals surface area contributed by atoms with Crippen LogP contribution in [0.2, 0.25) is 0 Å². The van der Waals surface area contributed by atoms with Gasteiger partial charge in [-0.25, -0.2) is 0 Å². The molecule has 2 fully saturated rings. The van der Waals surface area contributed by atoms with Gasteiger partial charge in [0.25, 0.3) is 0 Å². The molecule has 15 nitrogen and oxygen atoms in total. The number of aliphatic hydroxyl groups is 6. The Labute approximate surface area is 225 Å². The number of hydrogen-bond donors (Lipinski definition) is 7. The molecule has 2 rings (SSSR count). The first-order chi connectivity index (χ1) is 18.5. The number of carbonyl (C=O) groups is 3. The second kappa shape index (κ2) is 16.3. The fraction of sp³-hybridized carbons (Fsp3) is 0.875. The van der Waals surface area contributed by atoms with Crippen molar-refractivity contribution < 1.29 is 73.8 Å². The zero-order valence-electron chi connectivity index (χ0n) is 21.7. The number of hydrogen-bond acceptors (Lipinski definition) is 14. The van der Waals surface area contributed by atoms with Crippen LogP contribution in [0.4, 0.5) is 0 Å². The van der Waals surface area contributed by atoms with Crippen molar-refractivity contribution in [2.75, 3.05) is 13.2 Å². The zero-order chi connectivity index (χ0) is 29.1. The minimum absolute atomic E-state index is 0.155. The second-order valence-corrected chi connectivity index (χ2v) is 9.59. The highest BCUT2D eigenvalue weighted by molar-refractivity contribution is 5.76. The molecule has 10 atom stereocenters. The van der Waals surface area contributed by atoms with E-state index in [4.69, 9.17) is 28.8 Å². The molecule has 2 saturated heterocycles. The Hall–Kier alpha value is -1.95. The predicted octanol–water partition coefficient (Wildman–Crippen LogP) is -2.07. The van der Waals surface area contributed by atoms with E-state index in [9.17, 15) is 45.0 Å². The van der Waals surface area contributed by atoms with Crippen molar-refractivity contribution in [3.63, 3.8) is 0 Å². The van der Waals surface area contributed by atoms with E-state index in [1.165, 1.54) is 0 Å². The monoisotopic (exact) mass is 568 g/mol. The van der Waals surface area contributed by atoms with Gasteiger partial charge in [0.15, 0.2) is 12.6 Å². The van der Waals surface area contributed by atoms with E-state index in [1.54, 1.807) is 0 Å². The van der Waals surface area contributed by atoms with Gasteiger partial charge in [0.2, 0.25) is 0 Å². The average molecular weight is 569 g/mol. The van der Waals surface area contributed by atoms with Crippen molar-refractivity contribution >= 4 is 17.9 Å². The number of rotatable bonds is 15. The molecule has 0 bridgehead atoms. The molecule has 7 N–H and O–H groups in total. The smallest absolute Gasteiger partial charge is 0.306 e. The molecule has 0 saturated carbocycles. The first kappa shape index (κ1) is 33.3. The van der Waals surface area contributed by atoms with Crippen molar-refractivity contribution in [2.45, 2.75) is 120 Å². The molecule has 2 aliphatic heterocycles. The van der Waals surface area contributed by atoms with E-state index in [0.29, 0.717) is 6.42 Å². The molecular formula is C24H40O15. The van der Waals surface area contributed by atoms with Gasteiger partial charge >= 0.3 is 17.9 Å². The van der Waals surface area contributed by atoms with Crippen LogP contribution in [0.5, 0.6) is 0 Å². The molecule has 226 valence electrons. The van der Waals surface area contributed by atoms with Crippen molar-refractivity contribution in [3.05, 3.63) is 0 Å². The van der Waals surface area contributed by atoms with Crippen molar-refractivity contribution in [2.24, 2.45) is 0 Å². The predicted molar refractivity (Wildman–Crippen MR) is 127 cm³/mol. The Morgan fingerprint density at radius 3 is 1.54 bits per heavy atom. The number of aliphatic hydroxyl groups excluding tert-OH is 6. The summed E-state index contributed by atoms with van der Waals surface area (Å²) in [6.45, 7) is 0.972. The molecule has 5 unspecified atom stereocenters. The molecule has 0 aromatic carbocycles. The van der Waals surface area contributed by atoms with Gasteiger partial charge in [-0.3, -0.25) is 14.4 Å². The summed E-state index contributed by atoms with van der Waals surface area (Å²) in [6.07, 6.45) is -13.2. The first-order valence-corrected chi connectivity index (χ1v) is 13.0. The molecule has 2 aliphatic rings. The Balaban J connectivity index is 1.94. The van der Waals surface area contributed by atoms with Crippen LogP contribution in [-0.4, -0.2) is 128 Å². The maximum absolute atomic E-state index is 12.0. The van der Waals surface area contributed by atoms with Crippen LogP contribution in [0.25, 0.3) is 0 Å². The summed E-state index contributed by atoms with van der Waals surface area (Å²) in [5.74, 6) is -2.67. The Morgan fingerprint density at radius 1 is 0.615 bits per heavy atom. The normalized spacial score (nSPS) is 34.8. The number of unbranched alkanes of at least 4 members (excludes halogenated alkanes) is 4. The Morgan fingerprint density at radius 2 is 1.08 bits per heavy atom. The number of ether oxygens (including phenoxy) is 5. The summed E-state index contributed by atoms with van der Waals surface area (Å²) < 4.78 is 26.2. The third-order valence-corrected chi connectivity index (χ3v) is 6.45. The minimum atomic E-state index is -1.87. The van der Waals surface area contributed by atoms with Gasteiger partial charge in [0.05, 0.1) is 12.8 Å². The molecule has 0 aromatic heterocycles. The van der Waals surface area contributed by atoms with E-state index in [1.807, 2.05) is 0 Å². The van der Waals surface area contributed by atoms with Crippen LogP contribution in [0, 0.1) is 0 Å².